The van der Waals surface area contributed by atoms with E-state index >= 15 is 0 Å². The molecule has 0 aromatic rings. The van der Waals surface area contributed by atoms with Crippen molar-refractivity contribution in [2.24, 2.45) is 5.92 Å². The number of hydrogen-bond acceptors (Lipinski definition) is 2. The third-order valence-corrected chi connectivity index (χ3v) is 1.66. The van der Waals surface area contributed by atoms with Gasteiger partial charge in [-0.05, 0) is 13.3 Å². The molecule has 0 aromatic carbocycles. The molecule has 3 heteroatoms. The molecule has 0 spiro atoms. The standard InChI is InChI=1S/C8H13O2.Ir/c1-3-8(7(2)10)5-4-6-9;/h8H,3-5H2,1-2H3;/q-1;. The Labute approximate surface area is 81.1 Å². The van der Waals surface area contributed by atoms with E-state index in [2.05, 4.69) is 0 Å². The molecule has 67 valence electrons. The molecule has 0 rings (SSSR count). The van der Waals surface area contributed by atoms with E-state index in [0.717, 1.165) is 6.42 Å². The third kappa shape index (κ3) is 6.39. The van der Waals surface area contributed by atoms with E-state index in [9.17, 15) is 9.59 Å². The average Bonchev–Trinajstić information content (AvgIpc) is 1.89. The van der Waals surface area contributed by atoms with Crippen molar-refractivity contribution in [3.63, 3.8) is 0 Å². The molecule has 0 fully saturated rings. The summed E-state index contributed by atoms with van der Waals surface area (Å²) in [5.41, 5.74) is 0. The zero-order valence-corrected chi connectivity index (χ0v) is 9.24. The van der Waals surface area contributed by atoms with Gasteiger partial charge in [0.25, 0.3) is 0 Å². The van der Waals surface area contributed by atoms with Gasteiger partial charge in [-0.3, -0.25) is 11.1 Å². The van der Waals surface area contributed by atoms with Gasteiger partial charge >= 0.3 is 0 Å². The van der Waals surface area contributed by atoms with Crippen molar-refractivity contribution in [1.82, 2.24) is 0 Å². The van der Waals surface area contributed by atoms with Gasteiger partial charge < -0.3 is 4.79 Å². The summed E-state index contributed by atoms with van der Waals surface area (Å²) in [5, 5.41) is 0. The Hall–Kier alpha value is -0.0106. The van der Waals surface area contributed by atoms with E-state index in [-0.39, 0.29) is 31.8 Å². The molecule has 0 N–H and O–H groups in total. The fraction of sp³-hybridized carbons (Fsp3) is 0.750. The second kappa shape index (κ2) is 8.09. The minimum atomic E-state index is 0. The molecular formula is C8H13IrO2-. The zero-order valence-electron chi connectivity index (χ0n) is 6.85. The van der Waals surface area contributed by atoms with Crippen LogP contribution in [0.5, 0.6) is 0 Å². The van der Waals surface area contributed by atoms with E-state index in [1.165, 1.54) is 0 Å². The number of Topliss-reactive ketones (excluding diaryl/α,β-unsaturated/α-hetero) is 1. The van der Waals surface area contributed by atoms with E-state index < -0.39 is 0 Å². The average molecular weight is 333 g/mol. The van der Waals surface area contributed by atoms with Gasteiger partial charge in [0.2, 0.25) is 0 Å². The number of carbonyl (C=O) groups excluding carboxylic acids is 2. The third-order valence-electron chi connectivity index (χ3n) is 1.66. The van der Waals surface area contributed by atoms with Crippen LogP contribution in [0.25, 0.3) is 0 Å². The van der Waals surface area contributed by atoms with Crippen LogP contribution in [-0.2, 0) is 29.7 Å². The first-order chi connectivity index (χ1) is 4.72. The summed E-state index contributed by atoms with van der Waals surface area (Å²) in [6.45, 7) is 3.52. The number of hydrogen-bond donors (Lipinski definition) is 0. The van der Waals surface area contributed by atoms with Gasteiger partial charge in [-0.25, -0.2) is 0 Å². The van der Waals surface area contributed by atoms with Crippen molar-refractivity contribution in [2.45, 2.75) is 33.1 Å². The summed E-state index contributed by atoms with van der Waals surface area (Å²) >= 11 is 0. The van der Waals surface area contributed by atoms with Crippen LogP contribution in [0.4, 0.5) is 0 Å². The van der Waals surface area contributed by atoms with Crippen molar-refractivity contribution in [1.29, 1.82) is 0 Å². The Kier molecular flexibility index (Phi) is 9.98. The maximum atomic E-state index is 10.8. The first-order valence-corrected chi connectivity index (χ1v) is 3.57. The fourth-order valence-electron chi connectivity index (χ4n) is 0.928. The molecule has 0 heterocycles. The van der Waals surface area contributed by atoms with Crippen LogP contribution in [0.2, 0.25) is 0 Å². The predicted octanol–water partition coefficient (Wildman–Crippen LogP) is 1.49. The second-order valence-corrected chi connectivity index (χ2v) is 2.40. The summed E-state index contributed by atoms with van der Waals surface area (Å²) in [4.78, 5) is 20.6. The zero-order chi connectivity index (χ0) is 7.98. The van der Waals surface area contributed by atoms with Gasteiger partial charge in [-0.15, -0.1) is 0 Å². The van der Waals surface area contributed by atoms with E-state index in [4.69, 9.17) is 0 Å². The van der Waals surface area contributed by atoms with Crippen LogP contribution in [0.15, 0.2) is 0 Å². The maximum Gasteiger partial charge on any atom is 0.132 e. The number of rotatable bonds is 5. The van der Waals surface area contributed by atoms with E-state index in [0.29, 0.717) is 12.8 Å². The Balaban J connectivity index is 0. The molecule has 11 heavy (non-hydrogen) atoms. The summed E-state index contributed by atoms with van der Waals surface area (Å²) in [7, 11) is 0. The first-order valence-electron chi connectivity index (χ1n) is 3.57. The summed E-state index contributed by atoms with van der Waals surface area (Å²) in [5.74, 6) is 0.249. The fourth-order valence-corrected chi connectivity index (χ4v) is 0.928. The molecular weight excluding hydrogens is 320 g/mol. The monoisotopic (exact) mass is 334 g/mol. The van der Waals surface area contributed by atoms with Crippen LogP contribution >= 0.6 is 0 Å². The van der Waals surface area contributed by atoms with Gasteiger partial charge in [-0.1, -0.05) is 13.3 Å². The second-order valence-electron chi connectivity index (χ2n) is 2.40. The van der Waals surface area contributed by atoms with E-state index in [1.54, 1.807) is 13.2 Å². The van der Waals surface area contributed by atoms with Crippen LogP contribution in [0, 0.1) is 5.92 Å². The molecule has 0 amide bonds. The minimum Gasteiger partial charge on any atom is -0.542 e. The number of ketones is 1. The summed E-state index contributed by atoms with van der Waals surface area (Å²) in [6, 6.07) is 0. The molecule has 0 aromatic heterocycles. The smallest absolute Gasteiger partial charge is 0.132 e. The van der Waals surface area contributed by atoms with Crippen molar-refractivity contribution >= 4 is 12.1 Å². The van der Waals surface area contributed by atoms with Crippen LogP contribution in [-0.4, -0.2) is 12.1 Å². The maximum absolute atomic E-state index is 10.8. The molecule has 1 radical (unpaired) electrons. The predicted molar refractivity (Wildman–Crippen MR) is 39.4 cm³/mol. The van der Waals surface area contributed by atoms with Crippen molar-refractivity contribution in [3.8, 4) is 0 Å². The Bertz CT molecular complexity index is 123. The molecule has 0 bridgehead atoms. The molecule has 0 aliphatic carbocycles. The molecule has 0 aliphatic heterocycles. The van der Waals surface area contributed by atoms with Crippen molar-refractivity contribution < 1.29 is 29.7 Å². The van der Waals surface area contributed by atoms with Crippen molar-refractivity contribution in [2.75, 3.05) is 0 Å². The van der Waals surface area contributed by atoms with Crippen LogP contribution < -0.4 is 0 Å². The normalized spacial score (nSPS) is 11.5. The SMILES string of the molecule is CCC(CC[C-]=O)C(C)=O.[Ir]. The number of carbonyl (C=O) groups is 1. The van der Waals surface area contributed by atoms with Crippen LogP contribution in [0.3, 0.4) is 0 Å². The molecule has 1 atom stereocenters. The van der Waals surface area contributed by atoms with Gasteiger partial charge in [0.15, 0.2) is 0 Å². The van der Waals surface area contributed by atoms with Crippen molar-refractivity contribution in [3.05, 3.63) is 0 Å². The molecule has 1 unspecified atom stereocenters. The Morgan fingerprint density at radius 2 is 2.09 bits per heavy atom. The van der Waals surface area contributed by atoms with E-state index in [1.807, 2.05) is 6.92 Å². The summed E-state index contributed by atoms with van der Waals surface area (Å²) < 4.78 is 0. The minimum absolute atomic E-state index is 0. The summed E-state index contributed by atoms with van der Waals surface area (Å²) in [6.07, 6.45) is 3.66. The topological polar surface area (TPSA) is 34.1 Å². The quantitative estimate of drug-likeness (QED) is 0.715. The Morgan fingerprint density at radius 3 is 2.36 bits per heavy atom. The van der Waals surface area contributed by atoms with Crippen LogP contribution in [0.1, 0.15) is 33.1 Å². The van der Waals surface area contributed by atoms with Gasteiger partial charge in [-0.2, -0.15) is 6.42 Å². The molecule has 0 aliphatic rings. The molecule has 0 saturated heterocycles. The Morgan fingerprint density at radius 1 is 1.55 bits per heavy atom. The molecule has 2 nitrogen and oxygen atoms in total. The van der Waals surface area contributed by atoms with Gasteiger partial charge in [0.1, 0.15) is 5.78 Å². The largest absolute Gasteiger partial charge is 0.542 e. The molecule has 0 saturated carbocycles. The van der Waals surface area contributed by atoms with Gasteiger partial charge in [0.05, 0.1) is 0 Å². The van der Waals surface area contributed by atoms with Gasteiger partial charge in [0, 0.05) is 26.0 Å². The first kappa shape index (κ1) is 13.6.